The molecule has 1 aliphatic heterocycles. The number of nitrogens with one attached hydrogen (secondary N) is 3. The summed E-state index contributed by atoms with van der Waals surface area (Å²) in [4.78, 5) is 17.5. The minimum atomic E-state index is 0.0865. The Hall–Kier alpha value is -1.92. The zero-order valence-electron chi connectivity index (χ0n) is 14.1. The Morgan fingerprint density at radius 2 is 2.17 bits per heavy atom. The molecule has 2 aliphatic rings. The molecule has 0 bridgehead atoms. The first-order valence-electron chi connectivity index (χ1n) is 8.97. The van der Waals surface area contributed by atoms with Crippen LogP contribution in [-0.2, 0) is 0 Å². The van der Waals surface area contributed by atoms with Crippen molar-refractivity contribution in [3.63, 3.8) is 0 Å². The lowest BCUT2D eigenvalue weighted by Crippen LogP contribution is -2.28. The van der Waals surface area contributed by atoms with Gasteiger partial charge in [0, 0.05) is 25.2 Å². The fraction of sp³-hybridized carbons (Fsp3) is 0.556. The summed E-state index contributed by atoms with van der Waals surface area (Å²) in [6.07, 6.45) is 4.39. The second kappa shape index (κ2) is 6.53. The molecular formula is C18H25N5O. The number of benzene rings is 1. The first-order chi connectivity index (χ1) is 11.7. The van der Waals surface area contributed by atoms with E-state index in [-0.39, 0.29) is 5.56 Å². The summed E-state index contributed by atoms with van der Waals surface area (Å²) < 4.78 is 1.86. The van der Waals surface area contributed by atoms with Crippen molar-refractivity contribution in [3.05, 3.63) is 34.6 Å². The van der Waals surface area contributed by atoms with E-state index in [1.165, 1.54) is 0 Å². The van der Waals surface area contributed by atoms with Crippen LogP contribution in [0, 0.1) is 5.92 Å². The molecule has 0 amide bonds. The van der Waals surface area contributed by atoms with Crippen LogP contribution in [0.3, 0.4) is 0 Å². The molecule has 128 valence electrons. The van der Waals surface area contributed by atoms with E-state index in [9.17, 15) is 4.79 Å². The highest BCUT2D eigenvalue weighted by Crippen LogP contribution is 2.35. The average molecular weight is 327 g/mol. The quantitative estimate of drug-likeness (QED) is 0.708. The predicted octanol–water partition coefficient (Wildman–Crippen LogP) is 2.04. The third-order valence-electron chi connectivity index (χ3n) is 5.16. The molecule has 2 fully saturated rings. The van der Waals surface area contributed by atoms with E-state index in [2.05, 4.69) is 23.1 Å². The fourth-order valence-electron chi connectivity index (χ4n) is 3.50. The number of nitrogens with zero attached hydrogens (tertiary/aromatic N) is 2. The molecule has 1 aliphatic carbocycles. The normalized spacial score (nSPS) is 23.7. The molecule has 1 aromatic carbocycles. The van der Waals surface area contributed by atoms with Crippen molar-refractivity contribution in [1.82, 2.24) is 20.4 Å². The number of hydrogen-bond acceptors (Lipinski definition) is 5. The maximum absolute atomic E-state index is 12.8. The van der Waals surface area contributed by atoms with E-state index in [1.807, 2.05) is 28.8 Å². The van der Waals surface area contributed by atoms with Crippen LogP contribution in [0.25, 0.3) is 10.9 Å². The second-order valence-corrected chi connectivity index (χ2v) is 7.00. The summed E-state index contributed by atoms with van der Waals surface area (Å²) in [5.41, 5.74) is 7.34. The van der Waals surface area contributed by atoms with Crippen molar-refractivity contribution >= 4 is 16.9 Å². The molecule has 1 aromatic heterocycles. The summed E-state index contributed by atoms with van der Waals surface area (Å²) in [6.45, 7) is 4.09. The molecule has 3 N–H and O–H groups in total. The molecule has 6 heteroatoms. The van der Waals surface area contributed by atoms with Gasteiger partial charge >= 0.3 is 0 Å². The van der Waals surface area contributed by atoms with Crippen LogP contribution >= 0.6 is 0 Å². The van der Waals surface area contributed by atoms with Crippen molar-refractivity contribution in [2.45, 2.75) is 44.7 Å². The SMILES string of the molecule is CC1NNCC1CCCNc1nc2ccccc2c(=O)n1C1CC1. The number of rotatable bonds is 6. The summed E-state index contributed by atoms with van der Waals surface area (Å²) >= 11 is 0. The monoisotopic (exact) mass is 327 g/mol. The van der Waals surface area contributed by atoms with Crippen molar-refractivity contribution in [2.75, 3.05) is 18.4 Å². The van der Waals surface area contributed by atoms with E-state index >= 15 is 0 Å². The lowest BCUT2D eigenvalue weighted by molar-refractivity contribution is 0.451. The van der Waals surface area contributed by atoms with Gasteiger partial charge in [-0.2, -0.15) is 0 Å². The van der Waals surface area contributed by atoms with E-state index in [1.54, 1.807) is 0 Å². The molecule has 2 atom stereocenters. The van der Waals surface area contributed by atoms with Crippen molar-refractivity contribution in [3.8, 4) is 0 Å². The number of aromatic nitrogens is 2. The van der Waals surface area contributed by atoms with Gasteiger partial charge in [0.05, 0.1) is 10.9 Å². The first kappa shape index (κ1) is 15.6. The number of hydrogen-bond donors (Lipinski definition) is 3. The fourth-order valence-corrected chi connectivity index (χ4v) is 3.50. The third kappa shape index (κ3) is 3.03. The molecule has 0 spiro atoms. The molecule has 4 rings (SSSR count). The van der Waals surface area contributed by atoms with E-state index in [0.29, 0.717) is 23.4 Å². The van der Waals surface area contributed by atoms with Crippen molar-refractivity contribution < 1.29 is 0 Å². The predicted molar refractivity (Wildman–Crippen MR) is 96.1 cm³/mol. The molecule has 0 radical (unpaired) electrons. The molecule has 2 unspecified atom stereocenters. The zero-order chi connectivity index (χ0) is 16.5. The Bertz CT molecular complexity index is 783. The third-order valence-corrected chi connectivity index (χ3v) is 5.16. The van der Waals surface area contributed by atoms with Gasteiger partial charge in [0.2, 0.25) is 5.95 Å². The van der Waals surface area contributed by atoms with Gasteiger partial charge in [0.1, 0.15) is 0 Å². The lowest BCUT2D eigenvalue weighted by atomic mass is 9.98. The minimum Gasteiger partial charge on any atom is -0.356 e. The van der Waals surface area contributed by atoms with Crippen LogP contribution in [0.4, 0.5) is 5.95 Å². The Kier molecular flexibility index (Phi) is 4.24. The van der Waals surface area contributed by atoms with E-state index in [4.69, 9.17) is 4.98 Å². The van der Waals surface area contributed by atoms with Gasteiger partial charge in [0.15, 0.2) is 0 Å². The molecule has 1 saturated carbocycles. The molecule has 1 saturated heterocycles. The highest BCUT2D eigenvalue weighted by Gasteiger charge is 2.28. The number of hydrazine groups is 1. The lowest BCUT2D eigenvalue weighted by Gasteiger charge is -2.16. The van der Waals surface area contributed by atoms with Gasteiger partial charge in [-0.1, -0.05) is 12.1 Å². The molecule has 2 aromatic rings. The number of anilines is 1. The molecule has 24 heavy (non-hydrogen) atoms. The minimum absolute atomic E-state index is 0.0865. The Balaban J connectivity index is 1.48. The highest BCUT2D eigenvalue weighted by molar-refractivity contribution is 5.78. The summed E-state index contributed by atoms with van der Waals surface area (Å²) in [5.74, 6) is 1.40. The molecular weight excluding hydrogens is 302 g/mol. The van der Waals surface area contributed by atoms with E-state index < -0.39 is 0 Å². The van der Waals surface area contributed by atoms with Crippen LogP contribution < -0.4 is 21.7 Å². The van der Waals surface area contributed by atoms with Crippen LogP contribution in [0.2, 0.25) is 0 Å². The summed E-state index contributed by atoms with van der Waals surface area (Å²) in [5, 5.41) is 4.13. The van der Waals surface area contributed by atoms with Crippen LogP contribution in [0.1, 0.15) is 38.6 Å². The largest absolute Gasteiger partial charge is 0.356 e. The zero-order valence-corrected chi connectivity index (χ0v) is 14.1. The standard InChI is InChI=1S/C18H25N5O/c1-12-13(11-20-22-12)5-4-10-19-18-21-16-7-3-2-6-15(16)17(24)23(18)14-8-9-14/h2-3,6-7,12-14,20,22H,4-5,8-11H2,1H3,(H,19,21). The van der Waals surface area contributed by atoms with Crippen molar-refractivity contribution in [1.29, 1.82) is 0 Å². The van der Waals surface area contributed by atoms with Gasteiger partial charge in [-0.25, -0.2) is 4.98 Å². The maximum atomic E-state index is 12.8. The smallest absolute Gasteiger partial charge is 0.263 e. The summed E-state index contributed by atoms with van der Waals surface area (Å²) in [7, 11) is 0. The first-order valence-corrected chi connectivity index (χ1v) is 8.97. The van der Waals surface area contributed by atoms with Crippen LogP contribution in [0.15, 0.2) is 29.1 Å². The second-order valence-electron chi connectivity index (χ2n) is 7.00. The Morgan fingerprint density at radius 1 is 1.33 bits per heavy atom. The van der Waals surface area contributed by atoms with Gasteiger partial charge in [0.25, 0.3) is 5.56 Å². The maximum Gasteiger partial charge on any atom is 0.263 e. The highest BCUT2D eigenvalue weighted by atomic mass is 16.1. The van der Waals surface area contributed by atoms with Crippen LogP contribution in [0.5, 0.6) is 0 Å². The number of fused-ring (bicyclic) bond motifs is 1. The summed E-state index contributed by atoms with van der Waals surface area (Å²) in [6, 6.07) is 8.46. The molecule has 6 nitrogen and oxygen atoms in total. The average Bonchev–Trinajstić information content (AvgIpc) is 3.34. The Morgan fingerprint density at radius 3 is 2.92 bits per heavy atom. The number of para-hydroxylation sites is 1. The Labute approximate surface area is 141 Å². The molecule has 2 heterocycles. The van der Waals surface area contributed by atoms with Gasteiger partial charge in [-0.15, -0.1) is 0 Å². The van der Waals surface area contributed by atoms with Gasteiger partial charge in [-0.05, 0) is 50.7 Å². The van der Waals surface area contributed by atoms with E-state index in [0.717, 1.165) is 50.2 Å². The van der Waals surface area contributed by atoms with Crippen LogP contribution in [-0.4, -0.2) is 28.7 Å². The topological polar surface area (TPSA) is 71.0 Å². The van der Waals surface area contributed by atoms with Crippen molar-refractivity contribution in [2.24, 2.45) is 5.92 Å². The van der Waals surface area contributed by atoms with Gasteiger partial charge in [-0.3, -0.25) is 20.2 Å². The van der Waals surface area contributed by atoms with Gasteiger partial charge < -0.3 is 5.32 Å².